The Hall–Kier alpha value is -3.03. The molecule has 0 radical (unpaired) electrons. The van der Waals surface area contributed by atoms with Crippen molar-refractivity contribution in [3.05, 3.63) is 53.6 Å². The first-order valence-corrected chi connectivity index (χ1v) is 8.75. The van der Waals surface area contributed by atoms with Gasteiger partial charge in [-0.1, -0.05) is 12.1 Å². The maximum atomic E-state index is 12.6. The van der Waals surface area contributed by atoms with E-state index in [2.05, 4.69) is 20.4 Å². The molecule has 0 heterocycles. The van der Waals surface area contributed by atoms with E-state index in [0.717, 1.165) is 17.7 Å². The molecule has 2 N–H and O–H groups in total. The quantitative estimate of drug-likeness (QED) is 0.506. The summed E-state index contributed by atoms with van der Waals surface area (Å²) in [6, 6.07) is 12.6. The van der Waals surface area contributed by atoms with Crippen LogP contribution in [0, 0.1) is 0 Å². The standard InChI is InChI=1S/C20H25F2N3O3/c1-23-20(24-11-10-14-4-7-16(26-2)8-5-14)25-13-15-6-9-17(27-3)12-18(15)28-19(21)22/h4-9,12,19H,10-11,13H2,1-3H3,(H2,23,24,25). The Morgan fingerprint density at radius 2 is 1.68 bits per heavy atom. The number of guanidine groups is 1. The molecule has 2 aromatic rings. The van der Waals surface area contributed by atoms with E-state index < -0.39 is 6.61 Å². The van der Waals surface area contributed by atoms with Crippen molar-refractivity contribution in [2.24, 2.45) is 4.99 Å². The van der Waals surface area contributed by atoms with Gasteiger partial charge < -0.3 is 24.8 Å². The first-order chi connectivity index (χ1) is 13.5. The van der Waals surface area contributed by atoms with Gasteiger partial charge in [0, 0.05) is 31.8 Å². The van der Waals surface area contributed by atoms with E-state index in [1.165, 1.54) is 13.2 Å². The highest BCUT2D eigenvalue weighted by atomic mass is 19.3. The van der Waals surface area contributed by atoms with Crippen LogP contribution in [-0.2, 0) is 13.0 Å². The van der Waals surface area contributed by atoms with Gasteiger partial charge in [0.25, 0.3) is 0 Å². The molecule has 0 aliphatic rings. The Labute approximate surface area is 163 Å². The summed E-state index contributed by atoms with van der Waals surface area (Å²) in [7, 11) is 4.74. The summed E-state index contributed by atoms with van der Waals surface area (Å²) < 4.78 is 40.1. The minimum atomic E-state index is -2.91. The number of ether oxygens (including phenoxy) is 3. The first kappa shape index (κ1) is 21.3. The molecule has 0 bridgehead atoms. The average molecular weight is 393 g/mol. The van der Waals surface area contributed by atoms with Crippen LogP contribution in [0.25, 0.3) is 0 Å². The molecule has 0 unspecified atom stereocenters. The van der Waals surface area contributed by atoms with Crippen LogP contribution in [-0.4, -0.2) is 40.4 Å². The second-order valence-electron chi connectivity index (χ2n) is 5.80. The Bertz CT molecular complexity index is 768. The van der Waals surface area contributed by atoms with Gasteiger partial charge in [0.2, 0.25) is 0 Å². The predicted octanol–water partition coefficient (Wildman–Crippen LogP) is 3.21. The molecule has 152 valence electrons. The molecule has 2 rings (SSSR count). The van der Waals surface area contributed by atoms with Crippen molar-refractivity contribution in [2.45, 2.75) is 19.6 Å². The SMILES string of the molecule is CN=C(NCCc1ccc(OC)cc1)NCc1ccc(OC)cc1OC(F)F. The summed E-state index contributed by atoms with van der Waals surface area (Å²) in [5.41, 5.74) is 1.73. The number of rotatable bonds is 9. The zero-order valence-corrected chi connectivity index (χ0v) is 16.2. The number of aliphatic imine (C=N–C) groups is 1. The predicted molar refractivity (Wildman–Crippen MR) is 105 cm³/mol. The monoisotopic (exact) mass is 393 g/mol. The molecule has 0 fully saturated rings. The molecule has 0 saturated carbocycles. The van der Waals surface area contributed by atoms with E-state index in [0.29, 0.717) is 23.8 Å². The molecule has 6 nitrogen and oxygen atoms in total. The molecule has 8 heteroatoms. The van der Waals surface area contributed by atoms with Gasteiger partial charge in [-0.25, -0.2) is 0 Å². The third-order valence-electron chi connectivity index (χ3n) is 4.03. The zero-order chi connectivity index (χ0) is 20.4. The highest BCUT2D eigenvalue weighted by Gasteiger charge is 2.11. The zero-order valence-electron chi connectivity index (χ0n) is 16.2. The lowest BCUT2D eigenvalue weighted by molar-refractivity contribution is -0.0505. The molecule has 0 aromatic heterocycles. The number of nitrogens with zero attached hydrogens (tertiary/aromatic N) is 1. The van der Waals surface area contributed by atoms with Crippen LogP contribution in [0.5, 0.6) is 17.2 Å². The van der Waals surface area contributed by atoms with Crippen molar-refractivity contribution in [2.75, 3.05) is 27.8 Å². The van der Waals surface area contributed by atoms with Crippen LogP contribution in [0.15, 0.2) is 47.5 Å². The third-order valence-corrected chi connectivity index (χ3v) is 4.03. The summed E-state index contributed by atoms with van der Waals surface area (Å²) >= 11 is 0. The number of hydrogen-bond acceptors (Lipinski definition) is 4. The van der Waals surface area contributed by atoms with Crippen molar-refractivity contribution in [1.82, 2.24) is 10.6 Å². The van der Waals surface area contributed by atoms with Gasteiger partial charge >= 0.3 is 6.61 Å². The Kier molecular flexibility index (Phi) is 8.33. The summed E-state index contributed by atoms with van der Waals surface area (Å²) in [6.45, 7) is -1.98. The van der Waals surface area contributed by atoms with Crippen LogP contribution in [0.4, 0.5) is 8.78 Å². The lowest BCUT2D eigenvalue weighted by atomic mass is 10.1. The van der Waals surface area contributed by atoms with Crippen LogP contribution in [0.3, 0.4) is 0 Å². The molecule has 0 aliphatic heterocycles. The van der Waals surface area contributed by atoms with E-state index >= 15 is 0 Å². The van der Waals surface area contributed by atoms with Gasteiger partial charge in [-0.2, -0.15) is 8.78 Å². The lowest BCUT2D eigenvalue weighted by Crippen LogP contribution is -2.38. The third kappa shape index (κ3) is 6.61. The van der Waals surface area contributed by atoms with Gasteiger partial charge in [0.15, 0.2) is 5.96 Å². The van der Waals surface area contributed by atoms with Crippen molar-refractivity contribution in [3.63, 3.8) is 0 Å². The van der Waals surface area contributed by atoms with Crippen LogP contribution < -0.4 is 24.8 Å². The molecule has 0 saturated heterocycles. The molecule has 2 aromatic carbocycles. The number of nitrogens with one attached hydrogen (secondary N) is 2. The molecular weight excluding hydrogens is 368 g/mol. The minimum Gasteiger partial charge on any atom is -0.497 e. The van der Waals surface area contributed by atoms with E-state index in [1.54, 1.807) is 26.3 Å². The fraction of sp³-hybridized carbons (Fsp3) is 0.350. The van der Waals surface area contributed by atoms with Crippen molar-refractivity contribution >= 4 is 5.96 Å². The van der Waals surface area contributed by atoms with Gasteiger partial charge in [-0.3, -0.25) is 4.99 Å². The molecule has 28 heavy (non-hydrogen) atoms. The minimum absolute atomic E-state index is 0.0653. The van der Waals surface area contributed by atoms with Crippen LogP contribution >= 0.6 is 0 Å². The van der Waals surface area contributed by atoms with Gasteiger partial charge in [-0.15, -0.1) is 0 Å². The van der Waals surface area contributed by atoms with Gasteiger partial charge in [-0.05, 0) is 36.2 Å². The molecule has 0 aliphatic carbocycles. The number of methoxy groups -OCH3 is 2. The second-order valence-corrected chi connectivity index (χ2v) is 5.80. The topological polar surface area (TPSA) is 64.1 Å². The molecule has 0 amide bonds. The summed E-state index contributed by atoms with van der Waals surface area (Å²) in [4.78, 5) is 4.15. The fourth-order valence-electron chi connectivity index (χ4n) is 2.53. The number of benzene rings is 2. The smallest absolute Gasteiger partial charge is 0.387 e. The summed E-state index contributed by atoms with van der Waals surface area (Å²) in [6.07, 6.45) is 0.799. The van der Waals surface area contributed by atoms with Crippen LogP contribution in [0.2, 0.25) is 0 Å². The van der Waals surface area contributed by atoms with E-state index in [1.807, 2.05) is 24.3 Å². The Morgan fingerprint density at radius 1 is 1.00 bits per heavy atom. The van der Waals surface area contributed by atoms with Crippen molar-refractivity contribution in [3.8, 4) is 17.2 Å². The average Bonchev–Trinajstić information content (AvgIpc) is 2.71. The number of hydrogen-bond donors (Lipinski definition) is 2. The highest BCUT2D eigenvalue weighted by Crippen LogP contribution is 2.26. The maximum Gasteiger partial charge on any atom is 0.387 e. The van der Waals surface area contributed by atoms with Crippen molar-refractivity contribution in [1.29, 1.82) is 0 Å². The Morgan fingerprint density at radius 3 is 2.29 bits per heavy atom. The number of alkyl halides is 2. The van der Waals surface area contributed by atoms with Crippen LogP contribution in [0.1, 0.15) is 11.1 Å². The van der Waals surface area contributed by atoms with Gasteiger partial charge in [0.05, 0.1) is 14.2 Å². The largest absolute Gasteiger partial charge is 0.497 e. The Balaban J connectivity index is 1.89. The number of halogens is 2. The van der Waals surface area contributed by atoms with Crippen molar-refractivity contribution < 1.29 is 23.0 Å². The maximum absolute atomic E-state index is 12.6. The van der Waals surface area contributed by atoms with E-state index in [-0.39, 0.29) is 12.3 Å². The fourth-order valence-corrected chi connectivity index (χ4v) is 2.53. The second kappa shape index (κ2) is 11.0. The summed E-state index contributed by atoms with van der Waals surface area (Å²) in [5.74, 6) is 1.89. The molecule has 0 atom stereocenters. The normalized spacial score (nSPS) is 11.3. The lowest BCUT2D eigenvalue weighted by Gasteiger charge is -2.15. The molecular formula is C20H25F2N3O3. The van der Waals surface area contributed by atoms with E-state index in [4.69, 9.17) is 9.47 Å². The highest BCUT2D eigenvalue weighted by molar-refractivity contribution is 5.79. The van der Waals surface area contributed by atoms with Gasteiger partial charge in [0.1, 0.15) is 17.2 Å². The first-order valence-electron chi connectivity index (χ1n) is 8.75. The van der Waals surface area contributed by atoms with E-state index in [9.17, 15) is 8.78 Å². The molecule has 0 spiro atoms. The summed E-state index contributed by atoms with van der Waals surface area (Å²) in [5, 5.41) is 6.29.